The summed E-state index contributed by atoms with van der Waals surface area (Å²) in [5.41, 5.74) is 2.69. The molecule has 0 N–H and O–H groups in total. The van der Waals surface area contributed by atoms with Crippen molar-refractivity contribution in [1.82, 2.24) is 4.98 Å². The summed E-state index contributed by atoms with van der Waals surface area (Å²) >= 11 is 0. The molecule has 5 nitrogen and oxygen atoms in total. The van der Waals surface area contributed by atoms with E-state index < -0.39 is 23.2 Å². The SMILES string of the molecule is Cc1ccc(C2c3c(oc4ccc(F)cc4c3=O)C(=O)N2c2cc(C)ccn2)cc1. The number of anilines is 1. The van der Waals surface area contributed by atoms with Crippen molar-refractivity contribution < 1.29 is 13.6 Å². The van der Waals surface area contributed by atoms with Crippen LogP contribution in [0.5, 0.6) is 0 Å². The van der Waals surface area contributed by atoms with Crippen LogP contribution in [0, 0.1) is 19.7 Å². The number of amides is 1. The second-order valence-corrected chi connectivity index (χ2v) is 7.49. The smallest absolute Gasteiger partial charge is 0.296 e. The Labute approximate surface area is 171 Å². The molecule has 0 aliphatic carbocycles. The molecule has 0 fully saturated rings. The van der Waals surface area contributed by atoms with Crippen molar-refractivity contribution in [3.63, 3.8) is 0 Å². The molecule has 148 valence electrons. The van der Waals surface area contributed by atoms with Crippen molar-refractivity contribution in [2.24, 2.45) is 0 Å². The van der Waals surface area contributed by atoms with Gasteiger partial charge in [-0.25, -0.2) is 9.37 Å². The minimum atomic E-state index is -0.716. The molecule has 0 spiro atoms. The molecule has 0 radical (unpaired) electrons. The maximum atomic E-state index is 13.8. The topological polar surface area (TPSA) is 63.4 Å². The summed E-state index contributed by atoms with van der Waals surface area (Å²) < 4.78 is 19.7. The summed E-state index contributed by atoms with van der Waals surface area (Å²) in [5.74, 6) is -0.597. The summed E-state index contributed by atoms with van der Waals surface area (Å²) in [7, 11) is 0. The van der Waals surface area contributed by atoms with Gasteiger partial charge >= 0.3 is 0 Å². The van der Waals surface area contributed by atoms with E-state index in [1.165, 1.54) is 17.0 Å². The van der Waals surface area contributed by atoms with Crippen molar-refractivity contribution in [2.45, 2.75) is 19.9 Å². The molecule has 4 aromatic rings. The molecule has 6 heteroatoms. The van der Waals surface area contributed by atoms with E-state index in [-0.39, 0.29) is 22.3 Å². The number of aryl methyl sites for hydroxylation is 2. The van der Waals surface area contributed by atoms with E-state index in [1.54, 1.807) is 12.3 Å². The molecule has 0 saturated heterocycles. The Kier molecular flexibility index (Phi) is 4.03. The molecule has 0 bridgehead atoms. The van der Waals surface area contributed by atoms with Gasteiger partial charge in [0.2, 0.25) is 5.76 Å². The standard InChI is InChI=1S/C24H17FN2O3/c1-13-3-5-15(6-4-13)21-20-22(28)17-12-16(25)7-8-18(17)30-23(20)24(29)27(21)19-11-14(2)9-10-26-19/h3-12,21H,1-2H3. The fourth-order valence-electron chi connectivity index (χ4n) is 3.90. The lowest BCUT2D eigenvalue weighted by Crippen LogP contribution is -2.30. The Morgan fingerprint density at radius 3 is 2.47 bits per heavy atom. The Balaban J connectivity index is 1.83. The lowest BCUT2D eigenvalue weighted by atomic mass is 9.97. The molecule has 1 amide bonds. The van der Waals surface area contributed by atoms with Gasteiger partial charge in [-0.05, 0) is 55.3 Å². The van der Waals surface area contributed by atoms with Gasteiger partial charge in [0.25, 0.3) is 5.91 Å². The molecule has 5 rings (SSSR count). The molecule has 1 unspecified atom stereocenters. The van der Waals surface area contributed by atoms with Crippen LogP contribution in [0.4, 0.5) is 10.2 Å². The zero-order chi connectivity index (χ0) is 21.0. The third kappa shape index (κ3) is 2.72. The van der Waals surface area contributed by atoms with Gasteiger partial charge in [-0.1, -0.05) is 29.8 Å². The molecule has 0 saturated carbocycles. The summed E-state index contributed by atoms with van der Waals surface area (Å²) in [5, 5.41) is 0.109. The molecule has 1 aliphatic rings. The lowest BCUT2D eigenvalue weighted by Gasteiger charge is -2.24. The van der Waals surface area contributed by atoms with Gasteiger partial charge in [0, 0.05) is 6.20 Å². The van der Waals surface area contributed by atoms with Crippen molar-refractivity contribution in [2.75, 3.05) is 4.90 Å². The monoisotopic (exact) mass is 400 g/mol. The number of hydrogen-bond acceptors (Lipinski definition) is 4. The summed E-state index contributed by atoms with van der Waals surface area (Å²) in [4.78, 5) is 32.6. The number of carbonyl (C=O) groups is 1. The first-order chi connectivity index (χ1) is 14.4. The highest BCUT2D eigenvalue weighted by atomic mass is 19.1. The molecule has 1 aliphatic heterocycles. The first-order valence-corrected chi connectivity index (χ1v) is 9.53. The highest BCUT2D eigenvalue weighted by Crippen LogP contribution is 2.40. The van der Waals surface area contributed by atoms with Crippen LogP contribution in [-0.2, 0) is 0 Å². The van der Waals surface area contributed by atoms with Gasteiger partial charge < -0.3 is 4.42 Å². The second kappa shape index (κ2) is 6.62. The second-order valence-electron chi connectivity index (χ2n) is 7.49. The number of nitrogens with zero attached hydrogens (tertiary/aromatic N) is 2. The molecule has 3 heterocycles. The minimum absolute atomic E-state index is 0.0343. The number of rotatable bonds is 2. The normalized spacial score (nSPS) is 15.6. The van der Waals surface area contributed by atoms with Gasteiger partial charge in [0.15, 0.2) is 5.43 Å². The quantitative estimate of drug-likeness (QED) is 0.490. The maximum Gasteiger partial charge on any atom is 0.296 e. The van der Waals surface area contributed by atoms with E-state index in [9.17, 15) is 14.0 Å². The van der Waals surface area contributed by atoms with Crippen LogP contribution in [0.15, 0.2) is 70.0 Å². The average Bonchev–Trinajstić information content (AvgIpc) is 3.02. The van der Waals surface area contributed by atoms with Gasteiger partial charge in [-0.15, -0.1) is 0 Å². The van der Waals surface area contributed by atoms with E-state index >= 15 is 0 Å². The molecule has 30 heavy (non-hydrogen) atoms. The molecule has 2 aromatic carbocycles. The van der Waals surface area contributed by atoms with Crippen LogP contribution in [0.3, 0.4) is 0 Å². The highest BCUT2D eigenvalue weighted by Gasteiger charge is 2.44. The molecular weight excluding hydrogens is 383 g/mol. The largest absolute Gasteiger partial charge is 0.450 e. The van der Waals surface area contributed by atoms with Crippen molar-refractivity contribution in [1.29, 1.82) is 0 Å². The van der Waals surface area contributed by atoms with Crippen LogP contribution < -0.4 is 10.3 Å². The zero-order valence-corrected chi connectivity index (χ0v) is 16.3. The number of hydrogen-bond donors (Lipinski definition) is 0. The van der Waals surface area contributed by atoms with E-state index in [1.807, 2.05) is 44.2 Å². The predicted molar refractivity (Wildman–Crippen MR) is 111 cm³/mol. The summed E-state index contributed by atoms with van der Waals surface area (Å²) in [6, 6.07) is 14.2. The first kappa shape index (κ1) is 18.2. The third-order valence-corrected chi connectivity index (χ3v) is 5.37. The van der Waals surface area contributed by atoms with Crippen molar-refractivity contribution in [3.05, 3.63) is 105 Å². The van der Waals surface area contributed by atoms with Crippen molar-refractivity contribution in [3.8, 4) is 0 Å². The Bertz CT molecular complexity index is 1380. The Morgan fingerprint density at radius 2 is 1.73 bits per heavy atom. The molecule has 1 atom stereocenters. The first-order valence-electron chi connectivity index (χ1n) is 9.53. The van der Waals surface area contributed by atoms with E-state index in [0.717, 1.165) is 22.8 Å². The van der Waals surface area contributed by atoms with Crippen LogP contribution in [-0.4, -0.2) is 10.9 Å². The lowest BCUT2D eigenvalue weighted by molar-refractivity contribution is 0.0970. The van der Waals surface area contributed by atoms with Gasteiger partial charge in [-0.3, -0.25) is 14.5 Å². The van der Waals surface area contributed by atoms with Gasteiger partial charge in [-0.2, -0.15) is 0 Å². The minimum Gasteiger partial charge on any atom is -0.450 e. The highest BCUT2D eigenvalue weighted by molar-refractivity contribution is 6.10. The van der Waals surface area contributed by atoms with Gasteiger partial charge in [0.05, 0.1) is 17.0 Å². The van der Waals surface area contributed by atoms with Crippen LogP contribution in [0.25, 0.3) is 11.0 Å². The zero-order valence-electron chi connectivity index (χ0n) is 16.3. The van der Waals surface area contributed by atoms with Gasteiger partial charge in [0.1, 0.15) is 17.2 Å². The van der Waals surface area contributed by atoms with Crippen LogP contribution >= 0.6 is 0 Å². The predicted octanol–water partition coefficient (Wildman–Crippen LogP) is 4.69. The average molecular weight is 400 g/mol. The number of fused-ring (bicyclic) bond motifs is 2. The fourth-order valence-corrected chi connectivity index (χ4v) is 3.90. The van der Waals surface area contributed by atoms with Crippen LogP contribution in [0.1, 0.15) is 38.9 Å². The van der Waals surface area contributed by atoms with E-state index in [4.69, 9.17) is 4.42 Å². The maximum absolute atomic E-state index is 13.8. The number of benzene rings is 2. The van der Waals surface area contributed by atoms with E-state index in [2.05, 4.69) is 4.98 Å². The summed E-state index contributed by atoms with van der Waals surface area (Å²) in [6.45, 7) is 3.86. The molecular formula is C24H17FN2O3. The number of pyridine rings is 1. The number of halogens is 1. The summed E-state index contributed by atoms with van der Waals surface area (Å²) in [6.07, 6.45) is 1.62. The number of aromatic nitrogens is 1. The molecule has 2 aromatic heterocycles. The van der Waals surface area contributed by atoms with E-state index in [0.29, 0.717) is 5.82 Å². The Hall–Kier alpha value is -3.80. The third-order valence-electron chi connectivity index (χ3n) is 5.37. The fraction of sp³-hybridized carbons (Fsp3) is 0.125. The van der Waals surface area contributed by atoms with Crippen molar-refractivity contribution >= 4 is 22.7 Å². The number of carbonyl (C=O) groups excluding carboxylic acids is 1. The van der Waals surface area contributed by atoms with Crippen LogP contribution in [0.2, 0.25) is 0 Å². The Morgan fingerprint density at radius 1 is 0.967 bits per heavy atom.